The molecular weight excluding hydrogens is 498 g/mol. The average Bonchev–Trinajstić information content (AvgIpc) is 3.69. The Balaban J connectivity index is 1.23. The van der Waals surface area contributed by atoms with Crippen LogP contribution in [0.2, 0.25) is 5.02 Å². The number of likely N-dealkylation sites (tertiary alicyclic amines) is 1. The van der Waals surface area contributed by atoms with Gasteiger partial charge in [0.15, 0.2) is 0 Å². The molecule has 0 atom stereocenters. The van der Waals surface area contributed by atoms with E-state index in [0.29, 0.717) is 31.1 Å². The highest BCUT2D eigenvalue weighted by Crippen LogP contribution is 2.53. The van der Waals surface area contributed by atoms with E-state index in [0.717, 1.165) is 49.9 Å². The zero-order chi connectivity index (χ0) is 24.7. The van der Waals surface area contributed by atoms with Crippen molar-refractivity contribution in [2.45, 2.75) is 62.3 Å². The van der Waals surface area contributed by atoms with E-state index in [1.807, 2.05) is 0 Å². The number of nitrogens with zero attached hydrogens (tertiary/aromatic N) is 1. The second kappa shape index (κ2) is 9.86. The quantitative estimate of drug-likeness (QED) is 0.387. The smallest absolute Gasteiger partial charge is 0.272 e. The van der Waals surface area contributed by atoms with E-state index in [1.165, 1.54) is 24.3 Å². The number of halogens is 3. The molecule has 2 aliphatic carbocycles. The lowest BCUT2D eigenvalue weighted by Crippen LogP contribution is -2.38. The van der Waals surface area contributed by atoms with Crippen molar-refractivity contribution in [2.24, 2.45) is 0 Å². The predicted octanol–water partition coefficient (Wildman–Crippen LogP) is 6.10. The molecule has 5 rings (SSSR count). The van der Waals surface area contributed by atoms with E-state index in [1.54, 1.807) is 6.07 Å². The van der Waals surface area contributed by atoms with Gasteiger partial charge in [-0.2, -0.15) is 0 Å². The molecule has 0 bridgehead atoms. The van der Waals surface area contributed by atoms with E-state index < -0.39 is 28.3 Å². The normalized spacial score (nSPS) is 20.0. The lowest BCUT2D eigenvalue weighted by atomic mass is 9.97. The number of benzene rings is 2. The molecule has 2 aromatic carbocycles. The number of hydrogen-bond donors (Lipinski definition) is 3. The first kappa shape index (κ1) is 24.8. The van der Waals surface area contributed by atoms with E-state index in [-0.39, 0.29) is 21.9 Å². The highest BCUT2D eigenvalue weighted by atomic mass is 35.5. The molecule has 0 aromatic heterocycles. The molecule has 1 aliphatic heterocycles. The monoisotopic (exact) mass is 526 g/mol. The molecule has 0 spiro atoms. The van der Waals surface area contributed by atoms with Gasteiger partial charge in [-0.3, -0.25) is 18.8 Å². The third kappa shape index (κ3) is 5.91. The number of ether oxygens (including phenoxy) is 1. The minimum atomic E-state index is -3.25. The van der Waals surface area contributed by atoms with Crippen LogP contribution in [0.1, 0.15) is 65.9 Å². The molecule has 35 heavy (non-hydrogen) atoms. The fourth-order valence-corrected chi connectivity index (χ4v) is 6.12. The van der Waals surface area contributed by atoms with Crippen LogP contribution in [0.4, 0.5) is 8.78 Å². The predicted molar refractivity (Wildman–Crippen MR) is 132 cm³/mol. The number of nitrogens with one attached hydrogen (secondary N) is 1. The van der Waals surface area contributed by atoms with Gasteiger partial charge in [-0.1, -0.05) is 11.6 Å². The minimum Gasteiger partial charge on any atom is -0.489 e. The van der Waals surface area contributed by atoms with Crippen LogP contribution in [0.3, 0.4) is 0 Å². The van der Waals surface area contributed by atoms with Gasteiger partial charge in [-0.05, 0) is 85.9 Å². The molecule has 1 saturated heterocycles. The molecule has 3 aliphatic rings. The summed E-state index contributed by atoms with van der Waals surface area (Å²) in [5.74, 6) is -1.08. The fourth-order valence-electron chi connectivity index (χ4n) is 4.56. The summed E-state index contributed by atoms with van der Waals surface area (Å²) in [5, 5.41) is -0.0813. The van der Waals surface area contributed by atoms with Gasteiger partial charge in [-0.15, -0.1) is 10.8 Å². The summed E-state index contributed by atoms with van der Waals surface area (Å²) in [4.78, 5) is 14.9. The molecule has 2 aromatic rings. The Morgan fingerprint density at radius 2 is 1.80 bits per heavy atom. The summed E-state index contributed by atoms with van der Waals surface area (Å²) in [6.07, 6.45) is 4.76. The van der Waals surface area contributed by atoms with Crippen molar-refractivity contribution in [2.75, 3.05) is 13.1 Å². The van der Waals surface area contributed by atoms with Crippen LogP contribution in [0.5, 0.6) is 5.75 Å². The van der Waals surface area contributed by atoms with Crippen molar-refractivity contribution in [3.05, 3.63) is 63.7 Å². The number of hydrogen-bond acceptors (Lipinski definition) is 5. The van der Waals surface area contributed by atoms with Crippen molar-refractivity contribution in [3.8, 4) is 5.75 Å². The molecule has 1 amide bonds. The van der Waals surface area contributed by atoms with Gasteiger partial charge >= 0.3 is 0 Å². The van der Waals surface area contributed by atoms with Crippen molar-refractivity contribution in [3.63, 3.8) is 0 Å². The molecule has 0 unspecified atom stereocenters. The molecule has 2 saturated carbocycles. The van der Waals surface area contributed by atoms with Gasteiger partial charge in [0.1, 0.15) is 23.5 Å². The number of amides is 1. The van der Waals surface area contributed by atoms with Gasteiger partial charge in [-0.25, -0.2) is 13.5 Å². The van der Waals surface area contributed by atoms with Crippen LogP contribution >= 0.6 is 22.4 Å². The Morgan fingerprint density at radius 1 is 1.09 bits per heavy atom. The van der Waals surface area contributed by atoms with E-state index in [2.05, 4.69) is 9.62 Å². The molecule has 0 radical (unpaired) electrons. The number of rotatable bonds is 8. The first-order valence-electron chi connectivity index (χ1n) is 11.9. The Kier molecular flexibility index (Phi) is 6.98. The third-order valence-electron chi connectivity index (χ3n) is 6.84. The zero-order valence-electron chi connectivity index (χ0n) is 19.2. The lowest BCUT2D eigenvalue weighted by molar-refractivity contribution is 0.0960. The van der Waals surface area contributed by atoms with Crippen molar-refractivity contribution in [1.82, 2.24) is 9.62 Å². The summed E-state index contributed by atoms with van der Waals surface area (Å²) >= 11 is 6.08. The molecule has 190 valence electrons. The van der Waals surface area contributed by atoms with Crippen molar-refractivity contribution < 1.29 is 27.4 Å². The summed E-state index contributed by atoms with van der Waals surface area (Å²) < 4.78 is 56.7. The average molecular weight is 527 g/mol. The summed E-state index contributed by atoms with van der Waals surface area (Å²) in [7, 11) is -3.25. The third-order valence-corrected chi connectivity index (χ3v) is 9.02. The van der Waals surface area contributed by atoms with Crippen molar-refractivity contribution in [1.29, 1.82) is 0 Å². The molecule has 3 fully saturated rings. The van der Waals surface area contributed by atoms with Gasteiger partial charge in [0.2, 0.25) is 0 Å². The van der Waals surface area contributed by atoms with Crippen LogP contribution in [0.25, 0.3) is 0 Å². The Morgan fingerprint density at radius 3 is 2.43 bits per heavy atom. The van der Waals surface area contributed by atoms with Gasteiger partial charge in [0.25, 0.3) is 5.91 Å². The van der Waals surface area contributed by atoms with Crippen LogP contribution in [-0.2, 0) is 6.54 Å². The summed E-state index contributed by atoms with van der Waals surface area (Å²) in [6.45, 7) is 2.06. The Hall–Kier alpha value is -1.91. The van der Waals surface area contributed by atoms with Crippen LogP contribution in [-0.4, -0.2) is 44.4 Å². The molecule has 1 heterocycles. The summed E-state index contributed by atoms with van der Waals surface area (Å²) in [6, 6.07) is 7.11. The largest absolute Gasteiger partial charge is 0.489 e. The van der Waals surface area contributed by atoms with Crippen LogP contribution in [0.15, 0.2) is 30.3 Å². The van der Waals surface area contributed by atoms with Gasteiger partial charge < -0.3 is 4.74 Å². The topological polar surface area (TPSA) is 82.0 Å². The van der Waals surface area contributed by atoms with Gasteiger partial charge in [0, 0.05) is 19.6 Å². The lowest BCUT2D eigenvalue weighted by Gasteiger charge is -2.33. The van der Waals surface area contributed by atoms with Gasteiger partial charge in [0.05, 0.1) is 15.8 Å². The summed E-state index contributed by atoms with van der Waals surface area (Å²) in [5.41, 5.74) is 1.67. The molecular formula is C25H29ClF2N2O4S. The molecule has 3 N–H and O–H groups in total. The number of piperidine rings is 1. The van der Waals surface area contributed by atoms with Crippen LogP contribution in [0, 0.1) is 11.6 Å². The maximum Gasteiger partial charge on any atom is 0.272 e. The Labute approximate surface area is 210 Å². The minimum absolute atomic E-state index is 0.0360. The van der Waals surface area contributed by atoms with E-state index in [9.17, 15) is 22.7 Å². The maximum absolute atomic E-state index is 15.0. The SMILES string of the molecule is O=C(NS(O)(O)C1CC1)c1cc(C2CC2)c(CN2CCC(Oc3ccc(F)cc3Cl)CC2)cc1F. The standard InChI is InChI=1S/C25H29ClF2N2O4S/c26-22-12-17(27)3-6-24(22)34-18-7-9-30(10-8-18)14-16-11-23(28)21(13-20(16)15-1-2-15)25(31)29-35(32,33)19-4-5-19/h3,6,11-13,15,18-19,32-33H,1-2,4-5,7-10,14H2,(H,29,31). The fraction of sp³-hybridized carbons (Fsp3) is 0.480. The molecule has 10 heteroatoms. The van der Waals surface area contributed by atoms with E-state index in [4.69, 9.17) is 16.3 Å². The first-order valence-corrected chi connectivity index (χ1v) is 13.9. The highest BCUT2D eigenvalue weighted by molar-refractivity contribution is 8.23. The van der Waals surface area contributed by atoms with Crippen LogP contribution < -0.4 is 9.46 Å². The maximum atomic E-state index is 15.0. The highest BCUT2D eigenvalue weighted by Gasteiger charge is 2.38. The van der Waals surface area contributed by atoms with Crippen molar-refractivity contribution >= 4 is 28.3 Å². The molecule has 6 nitrogen and oxygen atoms in total. The second-order valence-corrected chi connectivity index (χ2v) is 12.2. The first-order chi connectivity index (χ1) is 16.7. The zero-order valence-corrected chi connectivity index (χ0v) is 20.8. The second-order valence-electron chi connectivity index (χ2n) is 9.70. The Bertz CT molecular complexity index is 1120. The number of carbonyl (C=O) groups is 1. The number of carbonyl (C=O) groups excluding carboxylic acids is 1. The van der Waals surface area contributed by atoms with E-state index >= 15 is 0 Å².